The zero-order valence-electron chi connectivity index (χ0n) is 11.6. The molecular weight excluding hydrogens is 290 g/mol. The maximum absolute atomic E-state index is 12.6. The smallest absolute Gasteiger partial charge is 0.254 e. The van der Waals surface area contributed by atoms with Crippen LogP contribution in [0.5, 0.6) is 0 Å². The molecule has 0 saturated heterocycles. The minimum absolute atomic E-state index is 0.131. The van der Waals surface area contributed by atoms with Crippen LogP contribution in [0.2, 0.25) is 0 Å². The lowest BCUT2D eigenvalue weighted by Crippen LogP contribution is -2.44. The van der Waals surface area contributed by atoms with Crippen LogP contribution in [-0.4, -0.2) is 22.9 Å². The van der Waals surface area contributed by atoms with Gasteiger partial charge in [0.25, 0.3) is 5.91 Å². The number of rotatable bonds is 5. The monoisotopic (exact) mass is 311 g/mol. The Kier molecular flexibility index (Phi) is 5.86. The third-order valence-corrected chi connectivity index (χ3v) is 3.99. The summed E-state index contributed by atoms with van der Waals surface area (Å²) in [6.45, 7) is 8.47. The Morgan fingerprint density at radius 1 is 1.11 bits per heavy atom. The first-order chi connectivity index (χ1) is 8.51. The van der Waals surface area contributed by atoms with Crippen LogP contribution in [0.4, 0.5) is 0 Å². The van der Waals surface area contributed by atoms with Gasteiger partial charge >= 0.3 is 0 Å². The van der Waals surface area contributed by atoms with Gasteiger partial charge in [0.1, 0.15) is 0 Å². The average molecular weight is 312 g/mol. The second-order valence-electron chi connectivity index (χ2n) is 4.73. The summed E-state index contributed by atoms with van der Waals surface area (Å²) in [6, 6.07) is 8.14. The second kappa shape index (κ2) is 6.93. The summed E-state index contributed by atoms with van der Waals surface area (Å²) in [5.74, 6) is 0.131. The van der Waals surface area contributed by atoms with Crippen molar-refractivity contribution < 1.29 is 4.79 Å². The van der Waals surface area contributed by atoms with Gasteiger partial charge in [0.05, 0.1) is 0 Å². The number of carbonyl (C=O) groups is 1. The van der Waals surface area contributed by atoms with E-state index in [-0.39, 0.29) is 18.0 Å². The van der Waals surface area contributed by atoms with Crippen molar-refractivity contribution in [3.05, 3.63) is 34.3 Å². The van der Waals surface area contributed by atoms with E-state index in [1.807, 2.05) is 29.2 Å². The summed E-state index contributed by atoms with van der Waals surface area (Å²) in [5.41, 5.74) is 0.763. The molecule has 3 heteroatoms. The highest BCUT2D eigenvalue weighted by atomic mass is 79.9. The van der Waals surface area contributed by atoms with E-state index in [0.717, 1.165) is 22.9 Å². The molecule has 0 aliphatic rings. The molecule has 2 unspecified atom stereocenters. The molecule has 0 radical (unpaired) electrons. The number of hydrogen-bond donors (Lipinski definition) is 0. The summed E-state index contributed by atoms with van der Waals surface area (Å²) in [6.07, 6.45) is 1.96. The van der Waals surface area contributed by atoms with Crippen LogP contribution in [0.15, 0.2) is 28.7 Å². The Balaban J connectivity index is 2.98. The van der Waals surface area contributed by atoms with E-state index in [1.165, 1.54) is 0 Å². The van der Waals surface area contributed by atoms with Crippen LogP contribution in [-0.2, 0) is 0 Å². The standard InChI is InChI=1S/C15H22BrNO/c1-5-11(3)17(12(4)6-2)15(18)13-7-9-14(16)10-8-13/h7-12H,5-6H2,1-4H3. The Labute approximate surface area is 119 Å². The van der Waals surface area contributed by atoms with Crippen LogP contribution in [0, 0.1) is 0 Å². The zero-order valence-corrected chi connectivity index (χ0v) is 13.2. The van der Waals surface area contributed by atoms with Crippen molar-refractivity contribution in [3.63, 3.8) is 0 Å². The lowest BCUT2D eigenvalue weighted by atomic mass is 10.1. The maximum Gasteiger partial charge on any atom is 0.254 e. The van der Waals surface area contributed by atoms with Crippen LogP contribution in [0.3, 0.4) is 0 Å². The van der Waals surface area contributed by atoms with Crippen LogP contribution in [0.25, 0.3) is 0 Å². The molecule has 0 N–H and O–H groups in total. The summed E-state index contributed by atoms with van der Waals surface area (Å²) >= 11 is 3.39. The van der Waals surface area contributed by atoms with Crippen molar-refractivity contribution in [2.24, 2.45) is 0 Å². The Morgan fingerprint density at radius 3 is 1.94 bits per heavy atom. The van der Waals surface area contributed by atoms with Crippen molar-refractivity contribution in [2.75, 3.05) is 0 Å². The highest BCUT2D eigenvalue weighted by Gasteiger charge is 2.24. The molecule has 1 aromatic rings. The molecule has 0 aliphatic heterocycles. The molecule has 1 aromatic carbocycles. The molecule has 100 valence electrons. The summed E-state index contributed by atoms with van der Waals surface area (Å²) in [4.78, 5) is 14.6. The third-order valence-electron chi connectivity index (χ3n) is 3.46. The van der Waals surface area contributed by atoms with E-state index in [9.17, 15) is 4.79 Å². The van der Waals surface area contributed by atoms with E-state index in [0.29, 0.717) is 0 Å². The van der Waals surface area contributed by atoms with E-state index in [4.69, 9.17) is 0 Å². The second-order valence-corrected chi connectivity index (χ2v) is 5.65. The number of hydrogen-bond acceptors (Lipinski definition) is 1. The predicted molar refractivity (Wildman–Crippen MR) is 79.8 cm³/mol. The molecule has 18 heavy (non-hydrogen) atoms. The predicted octanol–water partition coefficient (Wildman–Crippen LogP) is 4.49. The summed E-state index contributed by atoms with van der Waals surface area (Å²) < 4.78 is 0.998. The normalized spacial score (nSPS) is 14.1. The molecule has 2 atom stereocenters. The average Bonchev–Trinajstić information content (AvgIpc) is 2.39. The first-order valence-corrected chi connectivity index (χ1v) is 7.38. The van der Waals surface area contributed by atoms with Crippen molar-refractivity contribution in [1.82, 2.24) is 4.90 Å². The van der Waals surface area contributed by atoms with Gasteiger partial charge in [-0.05, 0) is 51.0 Å². The molecule has 0 aromatic heterocycles. The first kappa shape index (κ1) is 15.2. The largest absolute Gasteiger partial charge is 0.333 e. The van der Waals surface area contributed by atoms with Gasteiger partial charge in [0.2, 0.25) is 0 Å². The van der Waals surface area contributed by atoms with Crippen LogP contribution in [0.1, 0.15) is 50.9 Å². The SMILES string of the molecule is CCC(C)N(C(=O)c1ccc(Br)cc1)C(C)CC. The van der Waals surface area contributed by atoms with Gasteiger partial charge in [0.15, 0.2) is 0 Å². The van der Waals surface area contributed by atoms with Crippen molar-refractivity contribution in [1.29, 1.82) is 0 Å². The molecule has 0 heterocycles. The highest BCUT2D eigenvalue weighted by Crippen LogP contribution is 2.18. The molecule has 1 rings (SSSR count). The van der Waals surface area contributed by atoms with Gasteiger partial charge < -0.3 is 4.90 Å². The van der Waals surface area contributed by atoms with Gasteiger partial charge in [-0.3, -0.25) is 4.79 Å². The Morgan fingerprint density at radius 2 is 1.56 bits per heavy atom. The number of amides is 1. The maximum atomic E-state index is 12.6. The van der Waals surface area contributed by atoms with Crippen LogP contribution >= 0.6 is 15.9 Å². The molecular formula is C15H22BrNO. The van der Waals surface area contributed by atoms with E-state index < -0.39 is 0 Å². The minimum atomic E-state index is 0.131. The quantitative estimate of drug-likeness (QED) is 0.784. The fourth-order valence-corrected chi connectivity index (χ4v) is 2.23. The highest BCUT2D eigenvalue weighted by molar-refractivity contribution is 9.10. The van der Waals surface area contributed by atoms with E-state index >= 15 is 0 Å². The van der Waals surface area contributed by atoms with Gasteiger partial charge in [-0.25, -0.2) is 0 Å². The fraction of sp³-hybridized carbons (Fsp3) is 0.533. The van der Waals surface area contributed by atoms with Gasteiger partial charge in [-0.2, -0.15) is 0 Å². The molecule has 0 saturated carbocycles. The molecule has 1 amide bonds. The number of nitrogens with zero attached hydrogens (tertiary/aromatic N) is 1. The lowest BCUT2D eigenvalue weighted by Gasteiger charge is -2.34. The van der Waals surface area contributed by atoms with Crippen molar-refractivity contribution in [3.8, 4) is 0 Å². The van der Waals surface area contributed by atoms with E-state index in [2.05, 4.69) is 43.6 Å². The molecule has 2 nitrogen and oxygen atoms in total. The molecule has 0 bridgehead atoms. The minimum Gasteiger partial charge on any atom is -0.333 e. The first-order valence-electron chi connectivity index (χ1n) is 6.59. The third kappa shape index (κ3) is 3.58. The number of carbonyl (C=O) groups excluding carboxylic acids is 1. The zero-order chi connectivity index (χ0) is 13.7. The topological polar surface area (TPSA) is 20.3 Å². The summed E-state index contributed by atoms with van der Waals surface area (Å²) in [5, 5.41) is 0. The van der Waals surface area contributed by atoms with Gasteiger partial charge in [-0.15, -0.1) is 0 Å². The van der Waals surface area contributed by atoms with Crippen LogP contribution < -0.4 is 0 Å². The Hall–Kier alpha value is -0.830. The van der Waals surface area contributed by atoms with Gasteiger partial charge in [-0.1, -0.05) is 29.8 Å². The lowest BCUT2D eigenvalue weighted by molar-refractivity contribution is 0.0598. The Bertz CT molecular complexity index is 378. The molecule has 0 aliphatic carbocycles. The van der Waals surface area contributed by atoms with Gasteiger partial charge in [0, 0.05) is 22.1 Å². The number of halogens is 1. The fourth-order valence-electron chi connectivity index (χ4n) is 1.97. The van der Waals surface area contributed by atoms with Crippen molar-refractivity contribution >= 4 is 21.8 Å². The number of benzene rings is 1. The van der Waals surface area contributed by atoms with Crippen molar-refractivity contribution in [2.45, 2.75) is 52.6 Å². The molecule has 0 fully saturated rings. The molecule has 0 spiro atoms. The summed E-state index contributed by atoms with van der Waals surface area (Å²) in [7, 11) is 0. The van der Waals surface area contributed by atoms with E-state index in [1.54, 1.807) is 0 Å².